The number of nitrogens with zero attached hydrogens (tertiary/aromatic N) is 1. The van der Waals surface area contributed by atoms with Crippen molar-refractivity contribution in [3.05, 3.63) is 18.2 Å². The minimum atomic E-state index is -1.04. The van der Waals surface area contributed by atoms with Gasteiger partial charge in [0, 0.05) is 11.8 Å². The number of amides is 4. The zero-order valence-corrected chi connectivity index (χ0v) is 17.6. The topological polar surface area (TPSA) is 123 Å². The fourth-order valence-corrected chi connectivity index (χ4v) is 2.78. The predicted octanol–water partition coefficient (Wildman–Crippen LogP) is 1.69. The highest BCUT2D eigenvalue weighted by Crippen LogP contribution is 2.30. The Morgan fingerprint density at radius 3 is 2.37 bits per heavy atom. The Morgan fingerprint density at radius 2 is 1.77 bits per heavy atom. The highest BCUT2D eigenvalue weighted by molar-refractivity contribution is 6.08. The summed E-state index contributed by atoms with van der Waals surface area (Å²) >= 11 is 0. The van der Waals surface area contributed by atoms with E-state index in [1.807, 2.05) is 13.8 Å². The number of nitrogens with one attached hydrogen (secondary N) is 2. The molecule has 1 atom stereocenters. The van der Waals surface area contributed by atoms with Crippen molar-refractivity contribution in [2.45, 2.75) is 39.7 Å². The van der Waals surface area contributed by atoms with Crippen molar-refractivity contribution in [1.82, 2.24) is 10.2 Å². The van der Waals surface area contributed by atoms with Crippen LogP contribution in [0.25, 0.3) is 0 Å². The van der Waals surface area contributed by atoms with Gasteiger partial charge in [-0.15, -0.1) is 0 Å². The molecule has 1 aromatic rings. The maximum absolute atomic E-state index is 12.3. The highest BCUT2D eigenvalue weighted by atomic mass is 16.5. The van der Waals surface area contributed by atoms with Crippen LogP contribution in [0.5, 0.6) is 11.5 Å². The van der Waals surface area contributed by atoms with Gasteiger partial charge in [-0.2, -0.15) is 0 Å². The molecule has 1 heterocycles. The van der Waals surface area contributed by atoms with E-state index in [1.165, 1.54) is 0 Å². The van der Waals surface area contributed by atoms with Crippen LogP contribution in [-0.4, -0.2) is 60.6 Å². The van der Waals surface area contributed by atoms with E-state index >= 15 is 0 Å². The van der Waals surface area contributed by atoms with Gasteiger partial charge >= 0.3 is 12.0 Å². The average Bonchev–Trinajstić information content (AvgIpc) is 2.92. The average molecular weight is 421 g/mol. The number of urea groups is 1. The Labute approximate surface area is 174 Å². The van der Waals surface area contributed by atoms with E-state index in [9.17, 15) is 19.2 Å². The molecule has 1 aliphatic rings. The van der Waals surface area contributed by atoms with Crippen LogP contribution in [0, 0.1) is 0 Å². The second kappa shape index (κ2) is 9.95. The molecular weight excluding hydrogens is 394 g/mol. The first-order valence-electron chi connectivity index (χ1n) is 9.73. The van der Waals surface area contributed by atoms with Crippen molar-refractivity contribution in [2.75, 3.05) is 31.7 Å². The van der Waals surface area contributed by atoms with Gasteiger partial charge < -0.3 is 24.8 Å². The lowest BCUT2D eigenvalue weighted by Gasteiger charge is -2.18. The molecule has 0 spiro atoms. The Bertz CT molecular complexity index is 827. The summed E-state index contributed by atoms with van der Waals surface area (Å²) in [5, 5.41) is 5.13. The van der Waals surface area contributed by atoms with E-state index in [2.05, 4.69) is 10.6 Å². The molecule has 1 saturated heterocycles. The fraction of sp³-hybridized carbons (Fsp3) is 0.500. The lowest BCUT2D eigenvalue weighted by atomic mass is 9.99. The van der Waals surface area contributed by atoms with Gasteiger partial charge in [0.1, 0.15) is 12.1 Å². The molecule has 0 saturated carbocycles. The number of esters is 1. The van der Waals surface area contributed by atoms with Crippen LogP contribution >= 0.6 is 0 Å². The summed E-state index contributed by atoms with van der Waals surface area (Å²) in [6.07, 6.45) is 0.386. The molecule has 2 rings (SSSR count). The maximum atomic E-state index is 12.3. The molecule has 4 amide bonds. The Kier molecular flexibility index (Phi) is 7.62. The Morgan fingerprint density at radius 1 is 1.10 bits per heavy atom. The summed E-state index contributed by atoms with van der Waals surface area (Å²) in [4.78, 5) is 49.1. The van der Waals surface area contributed by atoms with Crippen LogP contribution in [0.1, 0.15) is 34.1 Å². The first-order chi connectivity index (χ1) is 14.2. The maximum Gasteiger partial charge on any atom is 0.326 e. The molecule has 0 bridgehead atoms. The van der Waals surface area contributed by atoms with Gasteiger partial charge in [0.25, 0.3) is 11.8 Å². The summed E-state index contributed by atoms with van der Waals surface area (Å²) < 4.78 is 15.8. The number of hydrogen-bond donors (Lipinski definition) is 2. The van der Waals surface area contributed by atoms with Gasteiger partial charge in [-0.05, 0) is 39.3 Å². The molecule has 164 valence electrons. The van der Waals surface area contributed by atoms with Crippen LogP contribution in [0.15, 0.2) is 18.2 Å². The third-order valence-corrected chi connectivity index (χ3v) is 4.53. The zero-order chi connectivity index (χ0) is 22.3. The smallest absolute Gasteiger partial charge is 0.326 e. The summed E-state index contributed by atoms with van der Waals surface area (Å²) in [6, 6.07) is 4.24. The molecule has 10 nitrogen and oxygen atoms in total. The fourth-order valence-electron chi connectivity index (χ4n) is 2.78. The Balaban J connectivity index is 1.89. The van der Waals surface area contributed by atoms with Crippen molar-refractivity contribution < 1.29 is 33.4 Å². The standard InChI is InChI=1S/C20H27N3O7/c1-5-20(4)18(26)23(19(27)22-20)11-17(25)30-12-16(24)21-13-8-9-14(28-6-2)15(10-13)29-7-3/h8-10H,5-7,11-12H2,1-4H3,(H,21,24)(H,22,27)/t20-/m1/s1. The van der Waals surface area contributed by atoms with Crippen molar-refractivity contribution in [3.63, 3.8) is 0 Å². The third kappa shape index (κ3) is 5.40. The second-order valence-electron chi connectivity index (χ2n) is 6.74. The minimum Gasteiger partial charge on any atom is -0.490 e. The molecule has 0 aliphatic carbocycles. The molecule has 0 unspecified atom stereocenters. The van der Waals surface area contributed by atoms with Gasteiger partial charge in [0.2, 0.25) is 0 Å². The number of rotatable bonds is 10. The van der Waals surface area contributed by atoms with E-state index in [0.717, 1.165) is 4.90 Å². The molecule has 30 heavy (non-hydrogen) atoms. The third-order valence-electron chi connectivity index (χ3n) is 4.53. The molecular formula is C20H27N3O7. The van der Waals surface area contributed by atoms with Crippen LogP contribution < -0.4 is 20.1 Å². The summed E-state index contributed by atoms with van der Waals surface area (Å²) in [6.45, 7) is 6.78. The van der Waals surface area contributed by atoms with Gasteiger partial charge in [0.05, 0.1) is 13.2 Å². The molecule has 1 fully saturated rings. The van der Waals surface area contributed by atoms with E-state index in [-0.39, 0.29) is 0 Å². The molecule has 1 aliphatic heterocycles. The van der Waals surface area contributed by atoms with E-state index in [1.54, 1.807) is 32.0 Å². The number of hydrogen-bond acceptors (Lipinski definition) is 7. The number of benzene rings is 1. The van der Waals surface area contributed by atoms with Gasteiger partial charge in [-0.3, -0.25) is 19.3 Å². The lowest BCUT2D eigenvalue weighted by molar-refractivity contribution is -0.150. The number of carbonyl (C=O) groups excluding carboxylic acids is 4. The molecule has 0 aromatic heterocycles. The first-order valence-corrected chi connectivity index (χ1v) is 9.73. The van der Waals surface area contributed by atoms with Crippen molar-refractivity contribution >= 4 is 29.5 Å². The van der Waals surface area contributed by atoms with Crippen molar-refractivity contribution in [1.29, 1.82) is 0 Å². The van der Waals surface area contributed by atoms with Gasteiger partial charge in [0.15, 0.2) is 18.1 Å². The number of anilines is 1. The minimum absolute atomic E-state index is 0.386. The van der Waals surface area contributed by atoms with E-state index in [4.69, 9.17) is 14.2 Å². The quantitative estimate of drug-likeness (QED) is 0.435. The van der Waals surface area contributed by atoms with Crippen molar-refractivity contribution in [2.24, 2.45) is 0 Å². The number of carbonyl (C=O) groups is 4. The van der Waals surface area contributed by atoms with Crippen LogP contribution in [-0.2, 0) is 19.1 Å². The SMILES string of the molecule is CCOc1ccc(NC(=O)COC(=O)CN2C(=O)N[C@](C)(CC)C2=O)cc1OCC. The molecule has 0 radical (unpaired) electrons. The van der Waals surface area contributed by atoms with Crippen LogP contribution in [0.2, 0.25) is 0 Å². The molecule has 10 heteroatoms. The Hall–Kier alpha value is -3.30. The zero-order valence-electron chi connectivity index (χ0n) is 17.6. The monoisotopic (exact) mass is 421 g/mol. The largest absolute Gasteiger partial charge is 0.490 e. The molecule has 2 N–H and O–H groups in total. The number of imide groups is 1. The summed E-state index contributed by atoms with van der Waals surface area (Å²) in [5.74, 6) is -0.918. The van der Waals surface area contributed by atoms with E-state index < -0.39 is 42.5 Å². The predicted molar refractivity (Wildman–Crippen MR) is 107 cm³/mol. The second-order valence-corrected chi connectivity index (χ2v) is 6.74. The first kappa shape index (κ1) is 23.0. The number of ether oxygens (including phenoxy) is 3. The van der Waals surface area contributed by atoms with Gasteiger partial charge in [-0.25, -0.2) is 4.79 Å². The van der Waals surface area contributed by atoms with Gasteiger partial charge in [-0.1, -0.05) is 6.92 Å². The van der Waals surface area contributed by atoms with E-state index in [0.29, 0.717) is 36.8 Å². The summed E-state index contributed by atoms with van der Waals surface area (Å²) in [7, 11) is 0. The lowest BCUT2D eigenvalue weighted by Crippen LogP contribution is -2.43. The highest BCUT2D eigenvalue weighted by Gasteiger charge is 2.47. The normalized spacial score (nSPS) is 18.1. The van der Waals surface area contributed by atoms with Crippen LogP contribution in [0.4, 0.5) is 10.5 Å². The van der Waals surface area contributed by atoms with Crippen LogP contribution in [0.3, 0.4) is 0 Å². The summed E-state index contributed by atoms with van der Waals surface area (Å²) in [5.41, 5.74) is -0.600. The molecule has 1 aromatic carbocycles. The van der Waals surface area contributed by atoms with Crippen molar-refractivity contribution in [3.8, 4) is 11.5 Å².